The fraction of sp³-hybridized carbons (Fsp3) is 0.105. The van der Waals surface area contributed by atoms with Crippen molar-refractivity contribution in [1.29, 1.82) is 10.5 Å². The van der Waals surface area contributed by atoms with Crippen molar-refractivity contribution < 1.29 is 0 Å². The Labute approximate surface area is 256 Å². The van der Waals surface area contributed by atoms with Gasteiger partial charge in [-0.25, -0.2) is 0 Å². The van der Waals surface area contributed by atoms with Gasteiger partial charge in [0.2, 0.25) is 0 Å². The Morgan fingerprint density at radius 3 is 2.28 bits per heavy atom. The molecule has 3 nitrogen and oxygen atoms in total. The molecule has 43 heavy (non-hydrogen) atoms. The molecule has 0 saturated carbocycles. The Kier molecular flexibility index (Phi) is 5.38. The predicted octanol–water partition coefficient (Wildman–Crippen LogP) is 10.5. The highest BCUT2D eigenvalue weighted by molar-refractivity contribution is 8.00. The third kappa shape index (κ3) is 3.53. The van der Waals surface area contributed by atoms with E-state index in [1.807, 2.05) is 35.2 Å². The first-order chi connectivity index (χ1) is 21.2. The van der Waals surface area contributed by atoms with E-state index in [0.717, 1.165) is 46.3 Å². The summed E-state index contributed by atoms with van der Waals surface area (Å²) in [5.41, 5.74) is 8.18. The minimum atomic E-state index is 0.306. The van der Waals surface area contributed by atoms with Gasteiger partial charge in [0, 0.05) is 58.1 Å². The van der Waals surface area contributed by atoms with Gasteiger partial charge in [-0.3, -0.25) is 0 Å². The summed E-state index contributed by atoms with van der Waals surface area (Å²) in [7, 11) is 0. The molecule has 2 atom stereocenters. The van der Waals surface area contributed by atoms with Crippen molar-refractivity contribution in [1.82, 2.24) is 4.57 Å². The fourth-order valence-corrected chi connectivity index (χ4v) is 9.98. The molecule has 202 valence electrons. The second-order valence-corrected chi connectivity index (χ2v) is 13.7. The third-order valence-corrected chi connectivity index (χ3v) is 11.8. The molecule has 1 aliphatic heterocycles. The van der Waals surface area contributed by atoms with Crippen LogP contribution in [-0.4, -0.2) is 9.82 Å². The van der Waals surface area contributed by atoms with Gasteiger partial charge in [0.25, 0.3) is 0 Å². The van der Waals surface area contributed by atoms with Crippen molar-refractivity contribution >= 4 is 65.1 Å². The van der Waals surface area contributed by atoms with E-state index in [2.05, 4.69) is 108 Å². The molecule has 0 spiro atoms. The van der Waals surface area contributed by atoms with E-state index in [9.17, 15) is 10.5 Å². The smallest absolute Gasteiger partial charge is 0.101 e. The van der Waals surface area contributed by atoms with Crippen molar-refractivity contribution in [3.05, 3.63) is 120 Å². The summed E-state index contributed by atoms with van der Waals surface area (Å²) in [6, 6.07) is 39.3. The maximum atomic E-state index is 10.4. The number of nitrogens with zero attached hydrogens (tertiary/aromatic N) is 3. The van der Waals surface area contributed by atoms with Gasteiger partial charge in [0.15, 0.2) is 0 Å². The minimum Gasteiger partial charge on any atom is -0.307 e. The number of para-hydroxylation sites is 3. The third-order valence-electron chi connectivity index (χ3n) is 9.14. The lowest BCUT2D eigenvalue weighted by molar-refractivity contribution is 0.670. The van der Waals surface area contributed by atoms with E-state index in [1.165, 1.54) is 41.4 Å². The van der Waals surface area contributed by atoms with Crippen LogP contribution in [0.5, 0.6) is 0 Å². The van der Waals surface area contributed by atoms with Crippen LogP contribution < -0.4 is 0 Å². The van der Waals surface area contributed by atoms with Crippen molar-refractivity contribution in [3.8, 4) is 29.0 Å². The van der Waals surface area contributed by atoms with Crippen molar-refractivity contribution in [2.24, 2.45) is 0 Å². The highest BCUT2D eigenvalue weighted by atomic mass is 32.2. The van der Waals surface area contributed by atoms with Crippen molar-refractivity contribution in [2.45, 2.75) is 28.9 Å². The van der Waals surface area contributed by atoms with E-state index in [1.54, 1.807) is 0 Å². The van der Waals surface area contributed by atoms with Crippen LogP contribution in [0.3, 0.4) is 0 Å². The Morgan fingerprint density at radius 1 is 0.744 bits per heavy atom. The van der Waals surface area contributed by atoms with Crippen LogP contribution in [0.25, 0.3) is 58.8 Å². The maximum Gasteiger partial charge on any atom is 0.101 e. The number of thioether (sulfide) groups is 1. The molecule has 3 heterocycles. The lowest BCUT2D eigenvalue weighted by atomic mass is 9.85. The first kappa shape index (κ1) is 24.8. The lowest BCUT2D eigenvalue weighted by Crippen LogP contribution is -2.13. The van der Waals surface area contributed by atoms with Gasteiger partial charge >= 0.3 is 0 Å². The molecule has 0 bridgehead atoms. The molecule has 0 amide bonds. The highest BCUT2D eigenvalue weighted by Crippen LogP contribution is 2.55. The summed E-state index contributed by atoms with van der Waals surface area (Å²) >= 11 is 3.84. The summed E-state index contributed by atoms with van der Waals surface area (Å²) < 4.78 is 4.84. The molecule has 9 rings (SSSR count). The number of fused-ring (bicyclic) bond motifs is 10. The molecule has 2 unspecified atom stereocenters. The van der Waals surface area contributed by atoms with Crippen LogP contribution >= 0.6 is 23.1 Å². The van der Waals surface area contributed by atoms with Crippen molar-refractivity contribution in [2.75, 3.05) is 0 Å². The summed E-state index contributed by atoms with van der Waals surface area (Å²) in [5, 5.41) is 25.4. The molecule has 2 aromatic heterocycles. The molecule has 0 radical (unpaired) electrons. The number of benzene rings is 5. The van der Waals surface area contributed by atoms with Crippen LogP contribution in [0.4, 0.5) is 0 Å². The van der Waals surface area contributed by atoms with E-state index in [-0.39, 0.29) is 0 Å². The molecule has 7 aromatic rings. The molecule has 5 heteroatoms. The quantitative estimate of drug-likeness (QED) is 0.203. The molecule has 0 N–H and O–H groups in total. The van der Waals surface area contributed by atoms with Crippen molar-refractivity contribution in [3.63, 3.8) is 0 Å². The number of allylic oxidation sites excluding steroid dienone is 2. The average Bonchev–Trinajstić information content (AvgIpc) is 3.73. The summed E-state index contributed by atoms with van der Waals surface area (Å²) in [4.78, 5) is 1.37. The number of nitriles is 2. The molecule has 0 fully saturated rings. The molecule has 2 aliphatic rings. The maximum absolute atomic E-state index is 10.4. The number of thiophene rings is 1. The SMILES string of the molecule is N#CC1=CC2c3ccc4sc5ccc(-c6cccc(C#N)c6-n6c7ccccc7c7ccccc76)cc5c4c3SC2CC1. The molecular formula is C38H23N3S2. The van der Waals surface area contributed by atoms with Crippen LogP contribution in [0.1, 0.15) is 29.9 Å². The topological polar surface area (TPSA) is 52.5 Å². The Bertz CT molecular complexity index is 2380. The Hall–Kier alpha value is -4.81. The van der Waals surface area contributed by atoms with E-state index >= 15 is 0 Å². The molecule has 5 aromatic carbocycles. The Balaban J connectivity index is 1.30. The van der Waals surface area contributed by atoms with E-state index in [0.29, 0.717) is 16.7 Å². The Morgan fingerprint density at radius 2 is 1.51 bits per heavy atom. The zero-order valence-corrected chi connectivity index (χ0v) is 24.7. The van der Waals surface area contributed by atoms with E-state index in [4.69, 9.17) is 0 Å². The summed E-state index contributed by atoms with van der Waals surface area (Å²) in [6.07, 6.45) is 4.13. The van der Waals surface area contributed by atoms with Gasteiger partial charge in [0.1, 0.15) is 6.07 Å². The monoisotopic (exact) mass is 585 g/mol. The van der Waals surface area contributed by atoms with Gasteiger partial charge in [-0.05, 0) is 60.4 Å². The fourth-order valence-electron chi connectivity index (χ4n) is 7.23. The van der Waals surface area contributed by atoms with Gasteiger partial charge in [-0.2, -0.15) is 10.5 Å². The first-order valence-corrected chi connectivity index (χ1v) is 16.2. The van der Waals surface area contributed by atoms with Crippen LogP contribution in [0.2, 0.25) is 0 Å². The lowest BCUT2D eigenvalue weighted by Gasteiger charge is -2.21. The number of rotatable bonds is 2. The molecule has 0 saturated heterocycles. The predicted molar refractivity (Wildman–Crippen MR) is 179 cm³/mol. The zero-order valence-electron chi connectivity index (χ0n) is 23.0. The van der Waals surface area contributed by atoms with Gasteiger partial charge in [-0.1, -0.05) is 66.7 Å². The van der Waals surface area contributed by atoms with Crippen LogP contribution in [0.15, 0.2) is 114 Å². The number of hydrogen-bond acceptors (Lipinski definition) is 4. The average molecular weight is 586 g/mol. The number of aromatic nitrogens is 1. The van der Waals surface area contributed by atoms with Gasteiger partial charge in [-0.15, -0.1) is 23.1 Å². The summed E-state index contributed by atoms with van der Waals surface area (Å²) in [5.74, 6) is 0.306. The van der Waals surface area contributed by atoms with Crippen LogP contribution in [-0.2, 0) is 0 Å². The normalized spacial score (nSPS) is 17.6. The standard InChI is InChI=1S/C38H23N3S2/c39-20-22-12-15-33-29(18-22)28-14-17-35-36(38(28)43-33)30-19-23(13-16-34(30)42-35)25-9-5-6-24(21-40)37(25)41-31-10-3-1-7-26(31)27-8-2-4-11-32(27)41/h1-11,13-14,16-19,29,33H,12,15H2. The second-order valence-electron chi connectivity index (χ2n) is 11.4. The van der Waals surface area contributed by atoms with Crippen LogP contribution in [0, 0.1) is 22.7 Å². The van der Waals surface area contributed by atoms with Gasteiger partial charge in [0.05, 0.1) is 28.4 Å². The van der Waals surface area contributed by atoms with Gasteiger partial charge < -0.3 is 4.57 Å². The number of hydrogen-bond donors (Lipinski definition) is 0. The molecule has 1 aliphatic carbocycles. The zero-order chi connectivity index (χ0) is 28.7. The molecular weight excluding hydrogens is 563 g/mol. The highest BCUT2D eigenvalue weighted by Gasteiger charge is 2.36. The second kappa shape index (κ2) is 9.35. The summed E-state index contributed by atoms with van der Waals surface area (Å²) in [6.45, 7) is 0. The first-order valence-electron chi connectivity index (χ1n) is 14.5. The minimum absolute atomic E-state index is 0.306. The largest absolute Gasteiger partial charge is 0.307 e. The van der Waals surface area contributed by atoms with E-state index < -0.39 is 0 Å².